The summed E-state index contributed by atoms with van der Waals surface area (Å²) in [4.78, 5) is 36.8. The number of benzene rings is 1. The van der Waals surface area contributed by atoms with Crippen LogP contribution < -0.4 is 10.6 Å². The smallest absolute Gasteiger partial charge is 0.416 e. The minimum absolute atomic E-state index is 0.0816. The molecule has 1 aliphatic rings. The summed E-state index contributed by atoms with van der Waals surface area (Å²) in [6.07, 6.45) is -1.88. The lowest BCUT2D eigenvalue weighted by Gasteiger charge is -2.13. The molecule has 10 heteroatoms. The number of furan rings is 1. The van der Waals surface area contributed by atoms with Crippen LogP contribution >= 0.6 is 0 Å². The van der Waals surface area contributed by atoms with E-state index in [0.717, 1.165) is 18.2 Å². The van der Waals surface area contributed by atoms with Crippen molar-refractivity contribution >= 4 is 29.6 Å². The first-order valence-corrected chi connectivity index (χ1v) is 7.59. The first-order chi connectivity index (χ1) is 12.7. The first-order valence-electron chi connectivity index (χ1n) is 7.59. The molecule has 0 aliphatic carbocycles. The molecule has 2 N–H and O–H groups in total. The number of hydrogen-bond donors (Lipinski definition) is 2. The lowest BCUT2D eigenvalue weighted by molar-refractivity contribution is -0.137. The maximum atomic E-state index is 12.7. The summed E-state index contributed by atoms with van der Waals surface area (Å²) in [5.74, 6) is -1.25. The summed E-state index contributed by atoms with van der Waals surface area (Å²) in [7, 11) is 0. The number of imide groups is 1. The molecule has 0 saturated carbocycles. The Morgan fingerprint density at radius 1 is 1.22 bits per heavy atom. The molecule has 2 aromatic rings. The second kappa shape index (κ2) is 6.98. The van der Waals surface area contributed by atoms with E-state index in [2.05, 4.69) is 10.6 Å². The quantitative estimate of drug-likeness (QED) is 0.631. The van der Waals surface area contributed by atoms with Crippen molar-refractivity contribution in [2.45, 2.75) is 6.18 Å². The van der Waals surface area contributed by atoms with Gasteiger partial charge in [0.15, 0.2) is 0 Å². The van der Waals surface area contributed by atoms with E-state index < -0.39 is 36.1 Å². The SMILES string of the molecule is O=C(CN1C(=O)N/C(=C\c2ccco2)C1=O)Nc1cccc(C(F)(F)F)c1. The number of anilines is 1. The maximum Gasteiger partial charge on any atom is 0.416 e. The van der Waals surface area contributed by atoms with Crippen LogP contribution in [0.25, 0.3) is 6.08 Å². The third-order valence-electron chi connectivity index (χ3n) is 3.57. The highest BCUT2D eigenvalue weighted by Gasteiger charge is 2.35. The predicted octanol–water partition coefficient (Wildman–Crippen LogP) is 2.83. The van der Waals surface area contributed by atoms with Gasteiger partial charge in [-0.2, -0.15) is 13.2 Å². The predicted molar refractivity (Wildman–Crippen MR) is 87.0 cm³/mol. The van der Waals surface area contributed by atoms with Gasteiger partial charge in [0.05, 0.1) is 11.8 Å². The number of amides is 4. The molecule has 0 unspecified atom stereocenters. The van der Waals surface area contributed by atoms with Gasteiger partial charge in [-0.3, -0.25) is 9.59 Å². The fourth-order valence-corrected chi connectivity index (χ4v) is 2.35. The van der Waals surface area contributed by atoms with Crippen LogP contribution in [0, 0.1) is 0 Å². The Kier molecular flexibility index (Phi) is 4.72. The molecule has 0 bridgehead atoms. The van der Waals surface area contributed by atoms with Crippen molar-refractivity contribution in [3.63, 3.8) is 0 Å². The van der Waals surface area contributed by atoms with Gasteiger partial charge in [-0.15, -0.1) is 0 Å². The highest BCUT2D eigenvalue weighted by atomic mass is 19.4. The van der Waals surface area contributed by atoms with E-state index in [-0.39, 0.29) is 11.4 Å². The van der Waals surface area contributed by atoms with Gasteiger partial charge < -0.3 is 15.1 Å². The molecule has 0 spiro atoms. The minimum Gasteiger partial charge on any atom is -0.465 e. The summed E-state index contributed by atoms with van der Waals surface area (Å²) in [5, 5.41) is 4.53. The molecule has 0 atom stereocenters. The summed E-state index contributed by atoms with van der Waals surface area (Å²) < 4.78 is 43.1. The van der Waals surface area contributed by atoms with Gasteiger partial charge in [0.25, 0.3) is 5.91 Å². The number of nitrogens with zero attached hydrogens (tertiary/aromatic N) is 1. The first kappa shape index (κ1) is 18.2. The number of halogens is 3. The Balaban J connectivity index is 1.68. The lowest BCUT2D eigenvalue weighted by atomic mass is 10.2. The maximum absolute atomic E-state index is 12.7. The summed E-state index contributed by atoms with van der Waals surface area (Å²) in [6, 6.07) is 6.35. The molecular weight excluding hydrogens is 367 g/mol. The fourth-order valence-electron chi connectivity index (χ4n) is 2.35. The zero-order valence-electron chi connectivity index (χ0n) is 13.5. The molecule has 3 rings (SSSR count). The van der Waals surface area contributed by atoms with E-state index >= 15 is 0 Å². The number of alkyl halides is 3. The van der Waals surface area contributed by atoms with E-state index in [9.17, 15) is 27.6 Å². The molecule has 7 nitrogen and oxygen atoms in total. The highest BCUT2D eigenvalue weighted by molar-refractivity contribution is 6.15. The van der Waals surface area contributed by atoms with E-state index in [4.69, 9.17) is 4.42 Å². The standard InChI is InChI=1S/C17H12F3N3O4/c18-17(19,20)10-3-1-4-11(7-10)21-14(24)9-23-15(25)13(22-16(23)26)8-12-5-2-6-27-12/h1-8H,9H2,(H,21,24)(H,22,26)/b13-8-. The minimum atomic E-state index is -4.56. The van der Waals surface area contributed by atoms with Crippen LogP contribution in [0.1, 0.15) is 11.3 Å². The highest BCUT2D eigenvalue weighted by Crippen LogP contribution is 2.30. The molecule has 1 fully saturated rings. The molecule has 1 aliphatic heterocycles. The van der Waals surface area contributed by atoms with Gasteiger partial charge in [0.1, 0.15) is 18.0 Å². The number of hydrogen-bond acceptors (Lipinski definition) is 4. The van der Waals surface area contributed by atoms with Gasteiger partial charge in [-0.1, -0.05) is 6.07 Å². The second-order valence-electron chi connectivity index (χ2n) is 5.52. The van der Waals surface area contributed by atoms with Crippen LogP contribution in [0.2, 0.25) is 0 Å². The van der Waals surface area contributed by atoms with Crippen molar-refractivity contribution < 1.29 is 32.0 Å². The van der Waals surface area contributed by atoms with Crippen molar-refractivity contribution in [3.05, 3.63) is 59.7 Å². The number of nitrogens with one attached hydrogen (secondary N) is 2. The average Bonchev–Trinajstić information content (AvgIpc) is 3.19. The van der Waals surface area contributed by atoms with E-state index in [1.807, 2.05) is 0 Å². The molecule has 2 heterocycles. The molecule has 140 valence electrons. The summed E-state index contributed by atoms with van der Waals surface area (Å²) in [6.45, 7) is -0.656. The lowest BCUT2D eigenvalue weighted by Crippen LogP contribution is -2.38. The number of urea groups is 1. The molecule has 27 heavy (non-hydrogen) atoms. The molecule has 1 saturated heterocycles. The molecular formula is C17H12F3N3O4. The molecule has 0 radical (unpaired) electrons. The fraction of sp³-hybridized carbons (Fsp3) is 0.118. The largest absolute Gasteiger partial charge is 0.465 e. The normalized spacial score (nSPS) is 16.0. The Morgan fingerprint density at radius 2 is 2.00 bits per heavy atom. The summed E-state index contributed by atoms with van der Waals surface area (Å²) >= 11 is 0. The van der Waals surface area contributed by atoms with Gasteiger partial charge in [-0.05, 0) is 30.3 Å². The molecule has 1 aromatic heterocycles. The Labute approximate surface area is 150 Å². The van der Waals surface area contributed by atoms with Gasteiger partial charge in [0.2, 0.25) is 5.91 Å². The topological polar surface area (TPSA) is 91.7 Å². The van der Waals surface area contributed by atoms with Crippen molar-refractivity contribution in [2.75, 3.05) is 11.9 Å². The van der Waals surface area contributed by atoms with Crippen molar-refractivity contribution in [1.29, 1.82) is 0 Å². The molecule has 4 amide bonds. The molecule has 1 aromatic carbocycles. The van der Waals surface area contributed by atoms with E-state index in [1.54, 1.807) is 12.1 Å². The number of rotatable bonds is 4. The van der Waals surface area contributed by atoms with Gasteiger partial charge in [0, 0.05) is 11.8 Å². The number of carbonyl (C=O) groups is 3. The third kappa shape index (κ3) is 4.17. The van der Waals surface area contributed by atoms with E-state index in [1.165, 1.54) is 18.4 Å². The Morgan fingerprint density at radius 3 is 2.67 bits per heavy atom. The van der Waals surface area contributed by atoms with Crippen LogP contribution in [0.3, 0.4) is 0 Å². The van der Waals surface area contributed by atoms with Gasteiger partial charge >= 0.3 is 12.2 Å². The van der Waals surface area contributed by atoms with Crippen LogP contribution in [0.15, 0.2) is 52.8 Å². The van der Waals surface area contributed by atoms with Crippen LogP contribution in [-0.2, 0) is 15.8 Å². The van der Waals surface area contributed by atoms with Crippen LogP contribution in [0.5, 0.6) is 0 Å². The van der Waals surface area contributed by atoms with Crippen molar-refractivity contribution in [2.24, 2.45) is 0 Å². The number of carbonyl (C=O) groups excluding carboxylic acids is 3. The Bertz CT molecular complexity index is 920. The van der Waals surface area contributed by atoms with Gasteiger partial charge in [-0.25, -0.2) is 9.69 Å². The van der Waals surface area contributed by atoms with Crippen molar-refractivity contribution in [3.8, 4) is 0 Å². The van der Waals surface area contributed by atoms with Crippen LogP contribution in [0.4, 0.5) is 23.7 Å². The summed E-state index contributed by atoms with van der Waals surface area (Å²) in [5.41, 5.74) is -1.12. The van der Waals surface area contributed by atoms with Crippen LogP contribution in [-0.4, -0.2) is 29.3 Å². The monoisotopic (exact) mass is 379 g/mol. The zero-order chi connectivity index (χ0) is 19.6. The zero-order valence-corrected chi connectivity index (χ0v) is 13.5. The van der Waals surface area contributed by atoms with E-state index in [0.29, 0.717) is 10.7 Å². The third-order valence-corrected chi connectivity index (χ3v) is 3.57. The Hall–Kier alpha value is -3.56. The second-order valence-corrected chi connectivity index (χ2v) is 5.52. The van der Waals surface area contributed by atoms with Crippen molar-refractivity contribution in [1.82, 2.24) is 10.2 Å². The average molecular weight is 379 g/mol.